The first kappa shape index (κ1) is 22.8. The molecule has 0 aromatic heterocycles. The maximum Gasteiger partial charge on any atom is 0.257 e. The lowest BCUT2D eigenvalue weighted by Gasteiger charge is -2.31. The number of carbonyl (C=O) groups is 3. The van der Waals surface area contributed by atoms with Crippen molar-refractivity contribution in [2.24, 2.45) is 11.8 Å². The summed E-state index contributed by atoms with van der Waals surface area (Å²) in [5.74, 6) is -3.33. The van der Waals surface area contributed by atoms with Gasteiger partial charge < -0.3 is 15.5 Å². The summed E-state index contributed by atoms with van der Waals surface area (Å²) in [5.41, 5.74) is -0.722. The molecule has 0 bridgehead atoms. The second-order valence-electron chi connectivity index (χ2n) is 7.92. The number of hydrogen-bond donors (Lipinski definition) is 2. The van der Waals surface area contributed by atoms with Gasteiger partial charge in [-0.1, -0.05) is 26.8 Å². The Morgan fingerprint density at radius 1 is 1.21 bits per heavy atom. The minimum absolute atomic E-state index is 0.0181. The fourth-order valence-corrected chi connectivity index (χ4v) is 3.44. The van der Waals surface area contributed by atoms with Crippen LogP contribution in [0.5, 0.6) is 0 Å². The minimum Gasteiger partial charge on any atom is -0.354 e. The molecule has 2 atom stereocenters. The quantitative estimate of drug-likeness (QED) is 0.726. The van der Waals surface area contributed by atoms with E-state index in [-0.39, 0.29) is 24.8 Å². The Labute approximate surface area is 170 Å². The van der Waals surface area contributed by atoms with Gasteiger partial charge in [-0.05, 0) is 36.8 Å². The molecule has 3 amide bonds. The lowest BCUT2D eigenvalue weighted by atomic mass is 10.00. The third-order valence-corrected chi connectivity index (χ3v) is 5.07. The molecule has 2 rings (SSSR count). The summed E-state index contributed by atoms with van der Waals surface area (Å²) in [4.78, 5) is 38.9. The third kappa shape index (κ3) is 6.24. The fraction of sp³-hybridized carbons (Fsp3) is 0.571. The monoisotopic (exact) mass is 409 g/mol. The number of rotatable bonds is 7. The van der Waals surface area contributed by atoms with Crippen LogP contribution in [0.3, 0.4) is 0 Å². The van der Waals surface area contributed by atoms with Crippen molar-refractivity contribution in [2.45, 2.75) is 46.1 Å². The van der Waals surface area contributed by atoms with E-state index in [0.717, 1.165) is 44.1 Å². The van der Waals surface area contributed by atoms with Gasteiger partial charge in [0, 0.05) is 26.1 Å². The molecule has 1 fully saturated rings. The summed E-state index contributed by atoms with van der Waals surface area (Å²) >= 11 is 0. The maximum atomic E-state index is 13.8. The first-order valence-electron chi connectivity index (χ1n) is 10.0. The molecule has 29 heavy (non-hydrogen) atoms. The van der Waals surface area contributed by atoms with Gasteiger partial charge in [0.25, 0.3) is 5.91 Å². The number of benzene rings is 1. The van der Waals surface area contributed by atoms with Gasteiger partial charge in [-0.3, -0.25) is 14.4 Å². The Balaban J connectivity index is 1.90. The molecular weight excluding hydrogens is 380 g/mol. The van der Waals surface area contributed by atoms with E-state index in [1.165, 1.54) is 0 Å². The summed E-state index contributed by atoms with van der Waals surface area (Å²) in [7, 11) is 0. The molecule has 8 heteroatoms. The number of likely N-dealkylation sites (tertiary alicyclic amines) is 1. The average Bonchev–Trinajstić information content (AvgIpc) is 2.65. The molecule has 0 saturated carbocycles. The normalized spacial score (nSPS) is 17.7. The summed E-state index contributed by atoms with van der Waals surface area (Å²) in [6, 6.07) is 2.14. The van der Waals surface area contributed by atoms with Gasteiger partial charge in [-0.15, -0.1) is 0 Å². The Kier molecular flexibility index (Phi) is 8.10. The minimum atomic E-state index is -0.994. The second-order valence-corrected chi connectivity index (χ2v) is 7.92. The van der Waals surface area contributed by atoms with Crippen molar-refractivity contribution in [1.29, 1.82) is 0 Å². The number of nitrogens with zero attached hydrogens (tertiary/aromatic N) is 1. The van der Waals surface area contributed by atoms with Crippen molar-refractivity contribution >= 4 is 17.7 Å². The van der Waals surface area contributed by atoms with Crippen LogP contribution in [0.1, 0.15) is 50.4 Å². The molecule has 0 spiro atoms. The summed E-state index contributed by atoms with van der Waals surface area (Å²) < 4.78 is 27.6. The molecule has 2 N–H and O–H groups in total. The number of hydrogen-bond acceptors (Lipinski definition) is 3. The lowest BCUT2D eigenvalue weighted by molar-refractivity contribution is -0.133. The first-order valence-corrected chi connectivity index (χ1v) is 10.0. The average molecular weight is 409 g/mol. The largest absolute Gasteiger partial charge is 0.354 e. The predicted octanol–water partition coefficient (Wildman–Crippen LogP) is 2.48. The molecule has 1 heterocycles. The van der Waals surface area contributed by atoms with Gasteiger partial charge in [-0.2, -0.15) is 0 Å². The highest BCUT2D eigenvalue weighted by Gasteiger charge is 2.27. The highest BCUT2D eigenvalue weighted by atomic mass is 19.1. The van der Waals surface area contributed by atoms with Gasteiger partial charge in [-0.25, -0.2) is 8.78 Å². The molecule has 1 aliphatic heterocycles. The topological polar surface area (TPSA) is 78.5 Å². The van der Waals surface area contributed by atoms with E-state index in [1.807, 2.05) is 4.90 Å². The number of piperidine rings is 1. The van der Waals surface area contributed by atoms with Crippen molar-refractivity contribution in [3.63, 3.8) is 0 Å². The van der Waals surface area contributed by atoms with Crippen LogP contribution >= 0.6 is 0 Å². The van der Waals surface area contributed by atoms with Crippen LogP contribution in [0.25, 0.3) is 0 Å². The fourth-order valence-electron chi connectivity index (χ4n) is 3.44. The van der Waals surface area contributed by atoms with Crippen LogP contribution < -0.4 is 10.6 Å². The van der Waals surface area contributed by atoms with E-state index in [1.54, 1.807) is 13.8 Å². The molecule has 1 aliphatic rings. The Bertz CT molecular complexity index is 734. The van der Waals surface area contributed by atoms with Crippen molar-refractivity contribution in [3.8, 4) is 0 Å². The van der Waals surface area contributed by atoms with Gasteiger partial charge in [0.1, 0.15) is 23.2 Å². The van der Waals surface area contributed by atoms with Crippen LogP contribution in [0.4, 0.5) is 8.78 Å². The third-order valence-electron chi connectivity index (χ3n) is 5.07. The zero-order valence-electron chi connectivity index (χ0n) is 17.1. The molecular formula is C21H29F2N3O3. The van der Waals surface area contributed by atoms with E-state index in [4.69, 9.17) is 0 Å². The number of halogens is 2. The van der Waals surface area contributed by atoms with Gasteiger partial charge >= 0.3 is 0 Å². The SMILES string of the molecule is CC1CCCN(C(=O)CCNC(=O)C(NC(=O)c2c(F)cccc2F)C(C)C)C1. The summed E-state index contributed by atoms with van der Waals surface area (Å²) in [6.07, 6.45) is 2.26. The van der Waals surface area contributed by atoms with E-state index >= 15 is 0 Å². The smallest absolute Gasteiger partial charge is 0.257 e. The van der Waals surface area contributed by atoms with Crippen molar-refractivity contribution < 1.29 is 23.2 Å². The zero-order chi connectivity index (χ0) is 21.6. The van der Waals surface area contributed by atoms with Gasteiger partial charge in [0.2, 0.25) is 11.8 Å². The van der Waals surface area contributed by atoms with Crippen molar-refractivity contribution in [1.82, 2.24) is 15.5 Å². The summed E-state index contributed by atoms with van der Waals surface area (Å²) in [6.45, 7) is 7.12. The van der Waals surface area contributed by atoms with Gasteiger partial charge in [0.15, 0.2) is 0 Å². The highest BCUT2D eigenvalue weighted by Crippen LogP contribution is 2.16. The Morgan fingerprint density at radius 3 is 2.45 bits per heavy atom. The van der Waals surface area contributed by atoms with Crippen molar-refractivity contribution in [2.75, 3.05) is 19.6 Å². The van der Waals surface area contributed by atoms with Crippen LogP contribution in [0.2, 0.25) is 0 Å². The maximum absolute atomic E-state index is 13.8. The molecule has 0 aliphatic carbocycles. The van der Waals surface area contributed by atoms with E-state index in [9.17, 15) is 23.2 Å². The standard InChI is InChI=1S/C21H29F2N3O3/c1-13(2)19(25-20(28)18-15(22)7-4-8-16(18)23)21(29)24-10-9-17(27)26-11-5-6-14(3)12-26/h4,7-8,13-14,19H,5-6,9-12H2,1-3H3,(H,24,29)(H,25,28). The molecule has 6 nitrogen and oxygen atoms in total. The molecule has 1 aromatic rings. The number of carbonyl (C=O) groups excluding carboxylic acids is 3. The van der Waals surface area contributed by atoms with Crippen LogP contribution in [0, 0.1) is 23.5 Å². The van der Waals surface area contributed by atoms with Crippen molar-refractivity contribution in [3.05, 3.63) is 35.4 Å². The van der Waals surface area contributed by atoms with E-state index in [2.05, 4.69) is 17.6 Å². The number of amides is 3. The Morgan fingerprint density at radius 2 is 1.86 bits per heavy atom. The van der Waals surface area contributed by atoms with E-state index < -0.39 is 35.1 Å². The molecule has 2 unspecified atom stereocenters. The van der Waals surface area contributed by atoms with Gasteiger partial charge in [0.05, 0.1) is 0 Å². The predicted molar refractivity (Wildman–Crippen MR) is 105 cm³/mol. The number of nitrogens with one attached hydrogen (secondary N) is 2. The molecule has 1 aromatic carbocycles. The van der Waals surface area contributed by atoms with Crippen LogP contribution in [-0.4, -0.2) is 48.3 Å². The van der Waals surface area contributed by atoms with E-state index in [0.29, 0.717) is 5.92 Å². The van der Waals surface area contributed by atoms with Crippen LogP contribution in [-0.2, 0) is 9.59 Å². The van der Waals surface area contributed by atoms with Crippen LogP contribution in [0.15, 0.2) is 18.2 Å². The molecule has 160 valence electrons. The highest BCUT2D eigenvalue weighted by molar-refractivity contribution is 5.98. The Hall–Kier alpha value is -2.51. The second kappa shape index (κ2) is 10.3. The first-order chi connectivity index (χ1) is 13.7. The molecule has 1 saturated heterocycles. The zero-order valence-corrected chi connectivity index (χ0v) is 17.1. The summed E-state index contributed by atoms with van der Waals surface area (Å²) in [5, 5.41) is 5.04. The molecule has 0 radical (unpaired) electrons. The lowest BCUT2D eigenvalue weighted by Crippen LogP contribution is -2.50.